The van der Waals surface area contributed by atoms with E-state index in [0.717, 1.165) is 22.3 Å². The molecule has 1 heterocycles. The van der Waals surface area contributed by atoms with Crippen LogP contribution in [-0.2, 0) is 59.6 Å². The summed E-state index contributed by atoms with van der Waals surface area (Å²) in [5.74, 6) is 3.26. The van der Waals surface area contributed by atoms with Crippen molar-refractivity contribution in [3.05, 3.63) is 125 Å². The number of phosphoric acid groups is 2. The average molecular weight is 957 g/mol. The van der Waals surface area contributed by atoms with Gasteiger partial charge in [0.15, 0.2) is 17.2 Å². The zero-order valence-corrected chi connectivity index (χ0v) is 38.9. The van der Waals surface area contributed by atoms with Gasteiger partial charge in [0.05, 0.1) is 37.7 Å². The Kier molecular flexibility index (Phi) is 14.0. The van der Waals surface area contributed by atoms with Crippen LogP contribution in [-0.4, -0.2) is 80.9 Å². The lowest BCUT2D eigenvalue weighted by molar-refractivity contribution is -0.196. The van der Waals surface area contributed by atoms with Gasteiger partial charge in [0.1, 0.15) is 6.61 Å². The summed E-state index contributed by atoms with van der Waals surface area (Å²) in [6.45, 7) is 1.70. The number of ether oxygens (including phenoxy) is 1. The first-order valence-corrected chi connectivity index (χ1v) is 25.3. The van der Waals surface area contributed by atoms with E-state index in [2.05, 4.69) is 21.5 Å². The normalized spacial score (nSPS) is 29.9. The van der Waals surface area contributed by atoms with Crippen molar-refractivity contribution in [3.63, 3.8) is 0 Å². The van der Waals surface area contributed by atoms with Gasteiger partial charge in [-0.25, -0.2) is 9.13 Å². The highest BCUT2D eigenvalue weighted by atomic mass is 31.3. The number of ketones is 2. The molecule has 67 heavy (non-hydrogen) atoms. The fraction of sp³-hybridized carbons (Fsp3) is 0.429. The molecule has 0 radical (unpaired) electrons. The number of carbonyl (C=O) groups is 4. The number of nitrogens with one attached hydrogen (secondary N) is 1. The number of para-hydroxylation sites is 1. The van der Waals surface area contributed by atoms with E-state index in [9.17, 15) is 48.3 Å². The van der Waals surface area contributed by atoms with Crippen molar-refractivity contribution >= 4 is 44.7 Å². The van der Waals surface area contributed by atoms with Gasteiger partial charge in [-0.15, -0.1) is 0 Å². The van der Waals surface area contributed by atoms with Gasteiger partial charge in [0, 0.05) is 47.3 Å². The summed E-state index contributed by atoms with van der Waals surface area (Å²) in [5, 5.41) is 27.1. The van der Waals surface area contributed by atoms with Crippen molar-refractivity contribution in [3.8, 4) is 11.8 Å². The number of amides is 2. The van der Waals surface area contributed by atoms with E-state index in [0.29, 0.717) is 24.1 Å². The van der Waals surface area contributed by atoms with Gasteiger partial charge in [-0.05, 0) is 79.0 Å². The minimum absolute atomic E-state index is 0.0150. The van der Waals surface area contributed by atoms with Crippen molar-refractivity contribution in [1.82, 2.24) is 5.32 Å². The molecule has 5 aliphatic rings. The van der Waals surface area contributed by atoms with Crippen molar-refractivity contribution < 1.29 is 66.4 Å². The Bertz CT molecular complexity index is 2660. The zero-order valence-electron chi connectivity index (χ0n) is 37.1. The van der Waals surface area contributed by atoms with E-state index >= 15 is 0 Å². The van der Waals surface area contributed by atoms with Crippen molar-refractivity contribution in [2.45, 2.75) is 83.3 Å². The van der Waals surface area contributed by atoms with Crippen molar-refractivity contribution in [2.24, 2.45) is 28.6 Å². The molecule has 2 unspecified atom stereocenters. The first kappa shape index (κ1) is 48.6. The summed E-state index contributed by atoms with van der Waals surface area (Å²) < 4.78 is 46.5. The summed E-state index contributed by atoms with van der Waals surface area (Å²) in [6.07, 6.45) is 3.70. The molecule has 3 aromatic rings. The van der Waals surface area contributed by atoms with Gasteiger partial charge in [-0.3, -0.25) is 28.2 Å². The first-order chi connectivity index (χ1) is 31.8. The van der Waals surface area contributed by atoms with Crippen LogP contribution in [0.25, 0.3) is 0 Å². The fourth-order valence-corrected chi connectivity index (χ4v) is 13.2. The molecule has 0 bridgehead atoms. The SMILES string of the molecule is C[C@]12C=CC(=O)C=C1CC[C@@H]1[C@@H]2[C@@H](O)C[C@@]2(C)[C@H]1C[C@@H](OCc1ccccc1)[C@]2(O)C(=O)COP(=O)(O)OP(=O)(O)OCCNC(=O)CCC(=O)N1Cc2ccccc2C#Cc2ccccc21. The molecule has 3 fully saturated rings. The minimum atomic E-state index is -5.54. The monoisotopic (exact) mass is 956 g/mol. The Labute approximate surface area is 388 Å². The van der Waals surface area contributed by atoms with Crippen LogP contribution in [0.5, 0.6) is 0 Å². The highest BCUT2D eigenvalue weighted by molar-refractivity contribution is 7.61. The van der Waals surface area contributed by atoms with Crippen LogP contribution < -0.4 is 10.2 Å². The Balaban J connectivity index is 0.864. The minimum Gasteiger partial charge on any atom is -0.393 e. The van der Waals surface area contributed by atoms with Crippen LogP contribution in [0.2, 0.25) is 0 Å². The molecule has 0 aromatic heterocycles. The summed E-state index contributed by atoms with van der Waals surface area (Å²) in [5.41, 5.74) is 0.250. The topological polar surface area (TPSA) is 236 Å². The summed E-state index contributed by atoms with van der Waals surface area (Å²) >= 11 is 0. The molecule has 0 spiro atoms. The number of aliphatic hydroxyl groups is 2. The molecule has 5 N–H and O–H groups in total. The van der Waals surface area contributed by atoms with Crippen LogP contribution in [0.15, 0.2) is 103 Å². The number of carbonyl (C=O) groups excluding carboxylic acids is 4. The number of Topliss-reactive ketones (excluding diaryl/α,β-unsaturated/α-hetero) is 1. The maximum atomic E-state index is 14.3. The largest absolute Gasteiger partial charge is 0.481 e. The Hall–Kier alpha value is -4.88. The van der Waals surface area contributed by atoms with E-state index in [1.54, 1.807) is 30.0 Å². The van der Waals surface area contributed by atoms with Gasteiger partial charge in [-0.2, -0.15) is 4.31 Å². The number of phosphoric ester groups is 2. The molecule has 354 valence electrons. The van der Waals surface area contributed by atoms with Crippen molar-refractivity contribution in [2.75, 3.05) is 24.7 Å². The zero-order chi connectivity index (χ0) is 47.8. The van der Waals surface area contributed by atoms with Gasteiger partial charge >= 0.3 is 15.6 Å². The number of rotatable bonds is 16. The Morgan fingerprint density at radius 1 is 0.910 bits per heavy atom. The maximum Gasteiger partial charge on any atom is 0.481 e. The maximum absolute atomic E-state index is 14.3. The number of hydrogen-bond donors (Lipinski definition) is 5. The molecule has 4 aliphatic carbocycles. The Morgan fingerprint density at radius 3 is 2.37 bits per heavy atom. The second-order valence-electron chi connectivity index (χ2n) is 18.3. The predicted molar refractivity (Wildman–Crippen MR) is 243 cm³/mol. The Morgan fingerprint density at radius 2 is 1.60 bits per heavy atom. The van der Waals surface area contributed by atoms with Gasteiger partial charge in [0.2, 0.25) is 11.8 Å². The molecular formula is C49H54N2O14P2. The number of fused-ring (bicyclic) bond motifs is 7. The van der Waals surface area contributed by atoms with E-state index < -0.39 is 69.2 Å². The number of benzene rings is 3. The number of anilines is 1. The standard InChI is InChI=1S/C49H54N2O14P2/c1-47-23-22-37(52)26-36(47)18-19-38-39-27-43(62-30-32-10-4-3-5-11-32)49(57,48(39,2)28-41(53)46(38)47)42(54)31-64-67(60,61)65-66(58,59)63-25-24-50-44(55)20-21-45(56)51-29-35-14-7-6-12-33(35)16-17-34-13-8-9-15-40(34)51/h3-15,22-23,26,38-39,41,43,46,53,57H,18-21,24-25,27-31H2,1-2H3,(H,50,55)(H,58,59)(H,60,61)/t38-,39-,41-,43+,46+,47-,48-,49+/m0/s1. The van der Waals surface area contributed by atoms with Gasteiger partial charge in [0.25, 0.3) is 0 Å². The van der Waals surface area contributed by atoms with Crippen LogP contribution >= 0.6 is 15.6 Å². The molecule has 3 aromatic carbocycles. The smallest absolute Gasteiger partial charge is 0.393 e. The van der Waals surface area contributed by atoms with Crippen LogP contribution in [0.1, 0.15) is 74.6 Å². The molecule has 0 saturated heterocycles. The quantitative estimate of drug-likeness (QED) is 0.0644. The number of aliphatic hydroxyl groups excluding tert-OH is 1. The molecule has 10 atom stereocenters. The predicted octanol–water partition coefficient (Wildman–Crippen LogP) is 5.85. The van der Waals surface area contributed by atoms with Gasteiger partial charge in [-0.1, -0.05) is 98.0 Å². The average Bonchev–Trinajstić information content (AvgIpc) is 3.52. The van der Waals surface area contributed by atoms with E-state index in [1.807, 2.05) is 79.7 Å². The third kappa shape index (κ3) is 9.87. The van der Waals surface area contributed by atoms with Crippen molar-refractivity contribution in [1.29, 1.82) is 0 Å². The molecule has 2 amide bonds. The molecule has 18 heteroatoms. The van der Waals surface area contributed by atoms with Crippen LogP contribution in [0, 0.1) is 40.4 Å². The number of nitrogens with zero attached hydrogens (tertiary/aromatic N) is 1. The first-order valence-electron chi connectivity index (χ1n) is 22.3. The lowest BCUT2D eigenvalue weighted by Crippen LogP contribution is -2.64. The molecule has 8 rings (SSSR count). The molecule has 3 saturated carbocycles. The lowest BCUT2D eigenvalue weighted by atomic mass is 9.46. The number of allylic oxidation sites excluding steroid dienone is 4. The number of hydrogen-bond acceptors (Lipinski definition) is 12. The lowest BCUT2D eigenvalue weighted by Gasteiger charge is -2.59. The van der Waals surface area contributed by atoms with Crippen LogP contribution in [0.3, 0.4) is 0 Å². The van der Waals surface area contributed by atoms with Gasteiger partial charge < -0.3 is 35.0 Å². The second kappa shape index (κ2) is 19.3. The molecular weight excluding hydrogens is 902 g/mol. The van der Waals surface area contributed by atoms with E-state index in [-0.39, 0.29) is 74.8 Å². The van der Waals surface area contributed by atoms with E-state index in [4.69, 9.17) is 13.8 Å². The second-order valence-corrected chi connectivity index (χ2v) is 21.3. The molecule has 16 nitrogen and oxygen atoms in total. The highest BCUT2D eigenvalue weighted by Crippen LogP contribution is 2.68. The highest BCUT2D eigenvalue weighted by Gasteiger charge is 2.72. The third-order valence-electron chi connectivity index (χ3n) is 14.4. The summed E-state index contributed by atoms with van der Waals surface area (Å²) in [6, 6.07) is 23.8. The molecule has 1 aliphatic heterocycles. The summed E-state index contributed by atoms with van der Waals surface area (Å²) in [4.78, 5) is 75.4. The van der Waals surface area contributed by atoms with Crippen LogP contribution in [0.4, 0.5) is 5.69 Å². The third-order valence-corrected chi connectivity index (χ3v) is 17.0. The fourth-order valence-electron chi connectivity index (χ4n) is 11.2. The van der Waals surface area contributed by atoms with E-state index in [1.165, 1.54) is 6.08 Å². The summed E-state index contributed by atoms with van der Waals surface area (Å²) in [7, 11) is -10.9.